The van der Waals surface area contributed by atoms with Gasteiger partial charge in [-0.05, 0) is 45.2 Å². The van der Waals surface area contributed by atoms with E-state index in [2.05, 4.69) is 15.5 Å². The maximum absolute atomic E-state index is 11.0. The van der Waals surface area contributed by atoms with Gasteiger partial charge in [0.2, 0.25) is 5.91 Å². The van der Waals surface area contributed by atoms with Gasteiger partial charge in [-0.25, -0.2) is 0 Å². The highest BCUT2D eigenvalue weighted by Crippen LogP contribution is 2.14. The Hall–Kier alpha value is -0.610. The third kappa shape index (κ3) is 4.58. The molecule has 18 heavy (non-hydrogen) atoms. The Labute approximate surface area is 110 Å². The van der Waals surface area contributed by atoms with Crippen LogP contribution in [0.15, 0.2) is 0 Å². The first-order valence-electron chi connectivity index (χ1n) is 7.47. The van der Waals surface area contributed by atoms with Crippen LogP contribution in [0.1, 0.15) is 45.4 Å². The molecule has 2 fully saturated rings. The van der Waals surface area contributed by atoms with Gasteiger partial charge in [0.1, 0.15) is 0 Å². The smallest absolute Gasteiger partial charge is 0.217 e. The van der Waals surface area contributed by atoms with E-state index in [4.69, 9.17) is 0 Å². The molecule has 2 heterocycles. The zero-order chi connectivity index (χ0) is 12.8. The molecule has 2 saturated heterocycles. The van der Waals surface area contributed by atoms with Gasteiger partial charge in [-0.1, -0.05) is 6.42 Å². The zero-order valence-corrected chi connectivity index (χ0v) is 11.6. The molecule has 2 rings (SSSR count). The van der Waals surface area contributed by atoms with Gasteiger partial charge in [0.25, 0.3) is 0 Å². The summed E-state index contributed by atoms with van der Waals surface area (Å²) in [5.41, 5.74) is 0. The lowest BCUT2D eigenvalue weighted by Crippen LogP contribution is -2.45. The van der Waals surface area contributed by atoms with Crippen LogP contribution in [0.2, 0.25) is 0 Å². The fourth-order valence-corrected chi connectivity index (χ4v) is 3.10. The molecule has 0 aliphatic carbocycles. The SMILES string of the molecule is CC(=O)NC1CCN(CCC2CCCCN2)CC1. The Bertz CT molecular complexity index is 256. The molecule has 0 radical (unpaired) electrons. The minimum atomic E-state index is 0.111. The van der Waals surface area contributed by atoms with E-state index in [0.29, 0.717) is 6.04 Å². The highest BCUT2D eigenvalue weighted by molar-refractivity contribution is 5.73. The minimum absolute atomic E-state index is 0.111. The van der Waals surface area contributed by atoms with E-state index in [1.165, 1.54) is 38.8 Å². The standard InChI is InChI=1S/C14H27N3O/c1-12(18)16-14-6-10-17(11-7-14)9-5-13-4-2-3-8-15-13/h13-15H,2-11H2,1H3,(H,16,18). The molecule has 2 N–H and O–H groups in total. The number of carbonyl (C=O) groups is 1. The first-order valence-corrected chi connectivity index (χ1v) is 7.47. The summed E-state index contributed by atoms with van der Waals surface area (Å²) in [6.07, 6.45) is 7.59. The number of nitrogens with one attached hydrogen (secondary N) is 2. The van der Waals surface area contributed by atoms with Crippen molar-refractivity contribution in [3.8, 4) is 0 Å². The van der Waals surface area contributed by atoms with Gasteiger partial charge in [0.05, 0.1) is 0 Å². The molecule has 4 heteroatoms. The Morgan fingerprint density at radius 3 is 2.67 bits per heavy atom. The summed E-state index contributed by atoms with van der Waals surface area (Å²) in [6.45, 7) is 6.30. The highest BCUT2D eigenvalue weighted by atomic mass is 16.1. The van der Waals surface area contributed by atoms with Gasteiger partial charge in [-0.2, -0.15) is 0 Å². The van der Waals surface area contributed by atoms with Crippen LogP contribution >= 0.6 is 0 Å². The molecule has 0 aromatic heterocycles. The van der Waals surface area contributed by atoms with Crippen LogP contribution < -0.4 is 10.6 Å². The summed E-state index contributed by atoms with van der Waals surface area (Å²) in [5, 5.41) is 6.64. The molecule has 1 unspecified atom stereocenters. The van der Waals surface area contributed by atoms with E-state index in [9.17, 15) is 4.79 Å². The van der Waals surface area contributed by atoms with Crippen molar-refractivity contribution in [2.75, 3.05) is 26.2 Å². The molecule has 0 spiro atoms. The number of amides is 1. The van der Waals surface area contributed by atoms with Crippen molar-refractivity contribution in [1.82, 2.24) is 15.5 Å². The summed E-state index contributed by atoms with van der Waals surface area (Å²) in [4.78, 5) is 13.5. The lowest BCUT2D eigenvalue weighted by molar-refractivity contribution is -0.119. The molecule has 1 amide bonds. The van der Waals surface area contributed by atoms with Crippen molar-refractivity contribution in [2.45, 2.75) is 57.5 Å². The number of piperidine rings is 2. The predicted octanol–water partition coefficient (Wildman–Crippen LogP) is 1.12. The minimum Gasteiger partial charge on any atom is -0.354 e. The third-order valence-electron chi connectivity index (χ3n) is 4.20. The Kier molecular flexibility index (Phi) is 5.45. The van der Waals surface area contributed by atoms with Crippen molar-refractivity contribution >= 4 is 5.91 Å². The Balaban J connectivity index is 1.59. The van der Waals surface area contributed by atoms with Crippen LogP contribution in [-0.4, -0.2) is 49.1 Å². The normalized spacial score (nSPS) is 27.1. The molecule has 4 nitrogen and oxygen atoms in total. The number of hydrogen-bond acceptors (Lipinski definition) is 3. The van der Waals surface area contributed by atoms with Gasteiger partial charge >= 0.3 is 0 Å². The summed E-state index contributed by atoms with van der Waals surface area (Å²) in [6, 6.07) is 1.15. The molecule has 0 aromatic rings. The highest BCUT2D eigenvalue weighted by Gasteiger charge is 2.20. The largest absolute Gasteiger partial charge is 0.354 e. The summed E-state index contributed by atoms with van der Waals surface area (Å²) >= 11 is 0. The van der Waals surface area contributed by atoms with Crippen LogP contribution in [-0.2, 0) is 4.79 Å². The van der Waals surface area contributed by atoms with Crippen molar-refractivity contribution in [2.24, 2.45) is 0 Å². The topological polar surface area (TPSA) is 44.4 Å². The average molecular weight is 253 g/mol. The van der Waals surface area contributed by atoms with Crippen LogP contribution in [0.25, 0.3) is 0 Å². The molecule has 0 saturated carbocycles. The molecule has 2 aliphatic rings. The number of rotatable bonds is 4. The van der Waals surface area contributed by atoms with Crippen LogP contribution in [0.4, 0.5) is 0 Å². The van der Waals surface area contributed by atoms with E-state index >= 15 is 0 Å². The summed E-state index contributed by atoms with van der Waals surface area (Å²) in [7, 11) is 0. The van der Waals surface area contributed by atoms with Gasteiger partial charge in [0, 0.05) is 32.1 Å². The molecule has 0 bridgehead atoms. The van der Waals surface area contributed by atoms with E-state index in [1.807, 2.05) is 0 Å². The number of nitrogens with zero attached hydrogens (tertiary/aromatic N) is 1. The average Bonchev–Trinajstić information content (AvgIpc) is 2.38. The molecule has 104 valence electrons. The fourth-order valence-electron chi connectivity index (χ4n) is 3.10. The summed E-state index contributed by atoms with van der Waals surface area (Å²) in [5.74, 6) is 0.111. The van der Waals surface area contributed by atoms with Crippen LogP contribution in [0.3, 0.4) is 0 Å². The zero-order valence-electron chi connectivity index (χ0n) is 11.6. The monoisotopic (exact) mass is 253 g/mol. The van der Waals surface area contributed by atoms with Gasteiger partial charge in [-0.3, -0.25) is 4.79 Å². The number of likely N-dealkylation sites (tertiary alicyclic amines) is 1. The van der Waals surface area contributed by atoms with Gasteiger partial charge in [-0.15, -0.1) is 0 Å². The van der Waals surface area contributed by atoms with Crippen molar-refractivity contribution in [3.63, 3.8) is 0 Å². The van der Waals surface area contributed by atoms with E-state index in [-0.39, 0.29) is 5.91 Å². The fraction of sp³-hybridized carbons (Fsp3) is 0.929. The first kappa shape index (κ1) is 13.8. The second-order valence-corrected chi connectivity index (χ2v) is 5.75. The van der Waals surface area contributed by atoms with Crippen molar-refractivity contribution < 1.29 is 4.79 Å². The van der Waals surface area contributed by atoms with Crippen molar-refractivity contribution in [1.29, 1.82) is 0 Å². The molecule has 2 aliphatic heterocycles. The lowest BCUT2D eigenvalue weighted by Gasteiger charge is -2.33. The van der Waals surface area contributed by atoms with E-state index in [1.54, 1.807) is 6.92 Å². The first-order chi connectivity index (χ1) is 8.74. The molecular formula is C14H27N3O. The third-order valence-corrected chi connectivity index (χ3v) is 4.20. The summed E-state index contributed by atoms with van der Waals surface area (Å²) < 4.78 is 0. The maximum Gasteiger partial charge on any atom is 0.217 e. The predicted molar refractivity (Wildman–Crippen MR) is 73.5 cm³/mol. The second kappa shape index (κ2) is 7.10. The van der Waals surface area contributed by atoms with Gasteiger partial charge < -0.3 is 15.5 Å². The van der Waals surface area contributed by atoms with Crippen molar-refractivity contribution in [3.05, 3.63) is 0 Å². The second-order valence-electron chi connectivity index (χ2n) is 5.75. The lowest BCUT2D eigenvalue weighted by atomic mass is 10.0. The Morgan fingerprint density at radius 2 is 2.06 bits per heavy atom. The number of hydrogen-bond donors (Lipinski definition) is 2. The quantitative estimate of drug-likeness (QED) is 0.789. The van der Waals surface area contributed by atoms with E-state index < -0.39 is 0 Å². The molecular weight excluding hydrogens is 226 g/mol. The Morgan fingerprint density at radius 1 is 1.28 bits per heavy atom. The molecule has 0 aromatic carbocycles. The maximum atomic E-state index is 11.0. The van der Waals surface area contributed by atoms with E-state index in [0.717, 1.165) is 32.0 Å². The van der Waals surface area contributed by atoms with Gasteiger partial charge in [0.15, 0.2) is 0 Å². The number of carbonyl (C=O) groups excluding carboxylic acids is 1. The van der Waals surface area contributed by atoms with Crippen LogP contribution in [0.5, 0.6) is 0 Å². The van der Waals surface area contributed by atoms with Crippen LogP contribution in [0, 0.1) is 0 Å². The molecule has 1 atom stereocenters.